The molecule has 1 amide bonds. The maximum absolute atomic E-state index is 12.9. The molecule has 0 saturated carbocycles. The van der Waals surface area contributed by atoms with Crippen molar-refractivity contribution in [2.24, 2.45) is 5.10 Å². The van der Waals surface area contributed by atoms with Crippen molar-refractivity contribution >= 4 is 40.4 Å². The molecule has 0 saturated heterocycles. The fraction of sp³-hybridized carbons (Fsp3) is 0.0909. The van der Waals surface area contributed by atoms with Crippen LogP contribution >= 0.6 is 11.8 Å². The van der Waals surface area contributed by atoms with Gasteiger partial charge in [0.15, 0.2) is 0 Å². The molecule has 3 aromatic rings. The first-order chi connectivity index (χ1) is 14.1. The highest BCUT2D eigenvalue weighted by molar-refractivity contribution is 7.99. The standard InChI is InChI=1S/C22H19FN4OS/c1-14(26-27-22(28)13-24-17-9-7-16(23)8-10-17)15-6-11-21-19(12-15)25-18-4-2-3-5-20(18)29-21/h2-12,24-25H,13H2,1H3,(H,27,28)/b26-14-. The number of amides is 1. The fourth-order valence-electron chi connectivity index (χ4n) is 2.86. The van der Waals surface area contributed by atoms with E-state index in [-0.39, 0.29) is 18.3 Å². The number of carbonyl (C=O) groups excluding carboxylic acids is 1. The number of benzene rings is 3. The van der Waals surface area contributed by atoms with E-state index >= 15 is 0 Å². The second-order valence-corrected chi connectivity index (χ2v) is 7.61. The Balaban J connectivity index is 1.38. The fourth-order valence-corrected chi connectivity index (χ4v) is 3.83. The lowest BCUT2D eigenvalue weighted by atomic mass is 10.1. The molecule has 0 atom stereocenters. The van der Waals surface area contributed by atoms with Crippen LogP contribution in [0.1, 0.15) is 12.5 Å². The van der Waals surface area contributed by atoms with Crippen LogP contribution in [0.5, 0.6) is 0 Å². The third kappa shape index (κ3) is 4.57. The molecule has 4 rings (SSSR count). The SMILES string of the molecule is C/C(=N/NC(=O)CNc1ccc(F)cc1)c1ccc2c(c1)Nc1ccccc1S2. The quantitative estimate of drug-likeness (QED) is 0.323. The first-order valence-electron chi connectivity index (χ1n) is 9.09. The first kappa shape index (κ1) is 19.0. The Morgan fingerprint density at radius 3 is 2.62 bits per heavy atom. The minimum atomic E-state index is -0.318. The topological polar surface area (TPSA) is 65.5 Å². The first-order valence-corrected chi connectivity index (χ1v) is 9.91. The highest BCUT2D eigenvalue weighted by Gasteiger charge is 2.15. The van der Waals surface area contributed by atoms with Gasteiger partial charge < -0.3 is 10.6 Å². The normalized spacial score (nSPS) is 12.4. The lowest BCUT2D eigenvalue weighted by Gasteiger charge is -2.21. The van der Waals surface area contributed by atoms with E-state index in [0.29, 0.717) is 11.4 Å². The van der Waals surface area contributed by atoms with E-state index in [1.54, 1.807) is 23.9 Å². The Hall–Kier alpha value is -3.32. The van der Waals surface area contributed by atoms with Gasteiger partial charge in [0.25, 0.3) is 5.91 Å². The number of hydrogen-bond acceptors (Lipinski definition) is 5. The lowest BCUT2D eigenvalue weighted by molar-refractivity contribution is -0.119. The number of hydrogen-bond donors (Lipinski definition) is 3. The van der Waals surface area contributed by atoms with Gasteiger partial charge in [-0.25, -0.2) is 9.82 Å². The monoisotopic (exact) mass is 406 g/mol. The molecule has 7 heteroatoms. The van der Waals surface area contributed by atoms with Crippen LogP contribution in [-0.4, -0.2) is 18.2 Å². The number of hydrazone groups is 1. The smallest absolute Gasteiger partial charge is 0.259 e. The highest BCUT2D eigenvalue weighted by atomic mass is 32.2. The summed E-state index contributed by atoms with van der Waals surface area (Å²) in [6.45, 7) is 1.89. The summed E-state index contributed by atoms with van der Waals surface area (Å²) < 4.78 is 12.9. The summed E-state index contributed by atoms with van der Waals surface area (Å²) in [5.41, 5.74) is 6.93. The Morgan fingerprint density at radius 2 is 1.79 bits per heavy atom. The molecule has 0 spiro atoms. The number of halogens is 1. The Bertz CT molecular complexity index is 1080. The molecule has 0 aliphatic carbocycles. The molecule has 0 unspecified atom stereocenters. The molecule has 0 fully saturated rings. The summed E-state index contributed by atoms with van der Waals surface area (Å²) in [6.07, 6.45) is 0. The molecule has 1 aliphatic rings. The molecule has 5 nitrogen and oxygen atoms in total. The van der Waals surface area contributed by atoms with Crippen LogP contribution in [0, 0.1) is 5.82 Å². The van der Waals surface area contributed by atoms with Crippen LogP contribution < -0.4 is 16.1 Å². The summed E-state index contributed by atoms with van der Waals surface area (Å²) in [5.74, 6) is -0.601. The minimum Gasteiger partial charge on any atom is -0.376 e. The largest absolute Gasteiger partial charge is 0.376 e. The molecule has 3 N–H and O–H groups in total. The number of nitrogens with one attached hydrogen (secondary N) is 3. The summed E-state index contributed by atoms with van der Waals surface area (Å²) in [6, 6.07) is 20.1. The van der Waals surface area contributed by atoms with E-state index in [1.165, 1.54) is 17.0 Å². The van der Waals surface area contributed by atoms with Gasteiger partial charge in [0, 0.05) is 15.5 Å². The van der Waals surface area contributed by atoms with Gasteiger partial charge in [-0.15, -0.1) is 0 Å². The highest BCUT2D eigenvalue weighted by Crippen LogP contribution is 2.44. The third-order valence-corrected chi connectivity index (χ3v) is 5.57. The summed E-state index contributed by atoms with van der Waals surface area (Å²) in [4.78, 5) is 14.4. The van der Waals surface area contributed by atoms with Gasteiger partial charge in [-0.1, -0.05) is 30.0 Å². The molecular weight excluding hydrogens is 387 g/mol. The van der Waals surface area contributed by atoms with Crippen molar-refractivity contribution in [1.82, 2.24) is 5.43 Å². The lowest BCUT2D eigenvalue weighted by Crippen LogP contribution is -2.26. The van der Waals surface area contributed by atoms with Crippen molar-refractivity contribution < 1.29 is 9.18 Å². The zero-order valence-electron chi connectivity index (χ0n) is 15.7. The van der Waals surface area contributed by atoms with Crippen LogP contribution in [0.15, 0.2) is 81.6 Å². The molecule has 29 heavy (non-hydrogen) atoms. The van der Waals surface area contributed by atoms with Gasteiger partial charge in [-0.3, -0.25) is 4.79 Å². The predicted octanol–water partition coefficient (Wildman–Crippen LogP) is 4.99. The number of para-hydroxylation sites is 1. The van der Waals surface area contributed by atoms with Crippen LogP contribution in [0.2, 0.25) is 0 Å². The van der Waals surface area contributed by atoms with E-state index in [1.807, 2.05) is 37.3 Å². The molecule has 0 radical (unpaired) electrons. The molecule has 1 heterocycles. The van der Waals surface area contributed by atoms with Crippen molar-refractivity contribution in [3.05, 3.63) is 78.1 Å². The summed E-state index contributed by atoms with van der Waals surface area (Å²) in [7, 11) is 0. The van der Waals surface area contributed by atoms with Crippen molar-refractivity contribution in [3.63, 3.8) is 0 Å². The zero-order valence-corrected chi connectivity index (χ0v) is 16.5. The van der Waals surface area contributed by atoms with Crippen LogP contribution in [0.3, 0.4) is 0 Å². The number of nitrogens with zero attached hydrogens (tertiary/aromatic N) is 1. The number of carbonyl (C=O) groups is 1. The van der Waals surface area contributed by atoms with Crippen molar-refractivity contribution in [2.45, 2.75) is 16.7 Å². The predicted molar refractivity (Wildman–Crippen MR) is 116 cm³/mol. The molecular formula is C22H19FN4OS. The van der Waals surface area contributed by atoms with Gasteiger partial charge in [-0.2, -0.15) is 5.10 Å². The summed E-state index contributed by atoms with van der Waals surface area (Å²) in [5, 5.41) is 10.6. The molecule has 1 aliphatic heterocycles. The van der Waals surface area contributed by atoms with E-state index < -0.39 is 0 Å². The maximum Gasteiger partial charge on any atom is 0.259 e. The van der Waals surface area contributed by atoms with Crippen molar-refractivity contribution in [1.29, 1.82) is 0 Å². The van der Waals surface area contributed by atoms with E-state index in [2.05, 4.69) is 33.3 Å². The van der Waals surface area contributed by atoms with Gasteiger partial charge in [-0.05, 0) is 61.0 Å². The number of rotatable bonds is 5. The second-order valence-electron chi connectivity index (χ2n) is 6.53. The number of anilines is 3. The number of fused-ring (bicyclic) bond motifs is 2. The third-order valence-electron chi connectivity index (χ3n) is 4.42. The molecule has 0 aromatic heterocycles. The van der Waals surface area contributed by atoms with Gasteiger partial charge in [0.2, 0.25) is 0 Å². The van der Waals surface area contributed by atoms with Crippen LogP contribution in [0.25, 0.3) is 0 Å². The summed E-state index contributed by atoms with van der Waals surface area (Å²) >= 11 is 1.72. The van der Waals surface area contributed by atoms with E-state index in [4.69, 9.17) is 0 Å². The average Bonchev–Trinajstić information content (AvgIpc) is 2.75. The van der Waals surface area contributed by atoms with Gasteiger partial charge in [0.1, 0.15) is 5.82 Å². The van der Waals surface area contributed by atoms with Crippen LogP contribution in [-0.2, 0) is 4.79 Å². The Labute approximate surface area is 172 Å². The minimum absolute atomic E-state index is 0.0432. The maximum atomic E-state index is 12.9. The Kier molecular flexibility index (Phi) is 5.48. The molecule has 3 aromatic carbocycles. The van der Waals surface area contributed by atoms with Crippen LogP contribution in [0.4, 0.5) is 21.5 Å². The van der Waals surface area contributed by atoms with E-state index in [0.717, 1.165) is 21.8 Å². The Morgan fingerprint density at radius 1 is 1.03 bits per heavy atom. The second kappa shape index (κ2) is 8.36. The zero-order chi connectivity index (χ0) is 20.2. The van der Waals surface area contributed by atoms with Gasteiger partial charge in [0.05, 0.1) is 23.6 Å². The van der Waals surface area contributed by atoms with Crippen molar-refractivity contribution in [2.75, 3.05) is 17.2 Å². The van der Waals surface area contributed by atoms with Gasteiger partial charge >= 0.3 is 0 Å². The van der Waals surface area contributed by atoms with E-state index in [9.17, 15) is 9.18 Å². The molecule has 0 bridgehead atoms. The molecule has 146 valence electrons. The van der Waals surface area contributed by atoms with Crippen molar-refractivity contribution in [3.8, 4) is 0 Å². The average molecular weight is 406 g/mol.